The number of aryl methyl sites for hydroxylation is 1. The molecule has 0 atom stereocenters. The summed E-state index contributed by atoms with van der Waals surface area (Å²) in [4.78, 5) is 11.9. The molecule has 1 aromatic heterocycles. The molecule has 0 unspecified atom stereocenters. The number of sulfonamides is 1. The minimum Gasteiger partial charge on any atom is -0.293 e. The smallest absolute Gasteiger partial charge is 0.243 e. The third-order valence-electron chi connectivity index (χ3n) is 3.75. The SMILES string of the molecule is Cc1cc(C(=O)CNS(=O)(=O)c2ccccc2F)cc(-n2cc(F)cn2)c1. The van der Waals surface area contributed by atoms with Gasteiger partial charge in [0.2, 0.25) is 10.0 Å². The number of rotatable bonds is 6. The Morgan fingerprint density at radius 1 is 1.19 bits per heavy atom. The molecule has 0 saturated carbocycles. The molecule has 0 aliphatic rings. The number of halogens is 2. The lowest BCUT2D eigenvalue weighted by Gasteiger charge is -2.09. The third-order valence-corrected chi connectivity index (χ3v) is 5.18. The second-order valence-corrected chi connectivity index (χ2v) is 7.57. The van der Waals surface area contributed by atoms with Crippen molar-refractivity contribution < 1.29 is 22.0 Å². The van der Waals surface area contributed by atoms with E-state index < -0.39 is 38.9 Å². The van der Waals surface area contributed by atoms with Crippen LogP contribution < -0.4 is 4.72 Å². The van der Waals surface area contributed by atoms with E-state index in [0.717, 1.165) is 24.5 Å². The van der Waals surface area contributed by atoms with Crippen molar-refractivity contribution in [2.75, 3.05) is 6.54 Å². The number of ketones is 1. The highest BCUT2D eigenvalue weighted by molar-refractivity contribution is 7.89. The van der Waals surface area contributed by atoms with Crippen LogP contribution in [-0.4, -0.2) is 30.5 Å². The van der Waals surface area contributed by atoms with Gasteiger partial charge in [-0.3, -0.25) is 4.79 Å². The molecule has 27 heavy (non-hydrogen) atoms. The molecule has 0 bridgehead atoms. The number of carbonyl (C=O) groups is 1. The molecule has 3 aromatic rings. The van der Waals surface area contributed by atoms with Gasteiger partial charge in [0.1, 0.15) is 10.7 Å². The summed E-state index contributed by atoms with van der Waals surface area (Å²) in [5, 5.41) is 3.84. The van der Waals surface area contributed by atoms with Crippen LogP contribution in [0.2, 0.25) is 0 Å². The van der Waals surface area contributed by atoms with Crippen molar-refractivity contribution in [3.63, 3.8) is 0 Å². The minimum atomic E-state index is -4.18. The lowest BCUT2D eigenvalue weighted by Crippen LogP contribution is -2.30. The van der Waals surface area contributed by atoms with E-state index in [0.29, 0.717) is 11.3 Å². The fourth-order valence-corrected chi connectivity index (χ4v) is 3.56. The lowest BCUT2D eigenvalue weighted by atomic mass is 10.1. The van der Waals surface area contributed by atoms with Gasteiger partial charge in [-0.15, -0.1) is 0 Å². The van der Waals surface area contributed by atoms with E-state index in [2.05, 4.69) is 9.82 Å². The van der Waals surface area contributed by atoms with Crippen LogP contribution in [-0.2, 0) is 10.0 Å². The predicted octanol–water partition coefficient (Wildman–Crippen LogP) is 2.62. The third kappa shape index (κ3) is 4.26. The van der Waals surface area contributed by atoms with Gasteiger partial charge in [-0.1, -0.05) is 12.1 Å². The van der Waals surface area contributed by atoms with Crippen LogP contribution in [0.1, 0.15) is 15.9 Å². The molecule has 0 amide bonds. The zero-order valence-electron chi connectivity index (χ0n) is 14.2. The Morgan fingerprint density at radius 2 is 1.93 bits per heavy atom. The number of hydrogen-bond acceptors (Lipinski definition) is 4. The molecule has 140 valence electrons. The summed E-state index contributed by atoms with van der Waals surface area (Å²) in [5.74, 6) is -1.95. The molecular formula is C18H15F2N3O3S. The van der Waals surface area contributed by atoms with Gasteiger partial charge in [0, 0.05) is 5.56 Å². The van der Waals surface area contributed by atoms with Gasteiger partial charge in [-0.2, -0.15) is 5.10 Å². The number of nitrogens with one attached hydrogen (secondary N) is 1. The molecule has 9 heteroatoms. The number of Topliss-reactive ketones (excluding diaryl/α,β-unsaturated/α-hetero) is 1. The van der Waals surface area contributed by atoms with Crippen molar-refractivity contribution in [2.45, 2.75) is 11.8 Å². The van der Waals surface area contributed by atoms with E-state index in [1.165, 1.54) is 22.9 Å². The second kappa shape index (κ2) is 7.37. The summed E-state index contributed by atoms with van der Waals surface area (Å²) in [7, 11) is -4.18. The largest absolute Gasteiger partial charge is 0.293 e. The number of carbonyl (C=O) groups excluding carboxylic acids is 1. The average molecular weight is 391 g/mol. The Bertz CT molecular complexity index is 1110. The topological polar surface area (TPSA) is 81.1 Å². The molecule has 0 aliphatic carbocycles. The van der Waals surface area contributed by atoms with E-state index in [1.807, 2.05) is 0 Å². The Balaban J connectivity index is 1.81. The standard InChI is InChI=1S/C18H15F2N3O3S/c1-12-6-13(8-15(7-12)23-11-14(19)9-21-23)17(24)10-22-27(25,26)18-5-3-2-4-16(18)20/h2-9,11,22H,10H2,1H3. The van der Waals surface area contributed by atoms with Gasteiger partial charge in [-0.05, 0) is 42.8 Å². The molecule has 0 spiro atoms. The summed E-state index contributed by atoms with van der Waals surface area (Å²) >= 11 is 0. The monoisotopic (exact) mass is 391 g/mol. The maximum Gasteiger partial charge on any atom is 0.243 e. The molecule has 0 saturated heterocycles. The summed E-state index contributed by atoms with van der Waals surface area (Å²) in [6.45, 7) is 1.19. The van der Waals surface area contributed by atoms with Gasteiger partial charge in [0.25, 0.3) is 0 Å². The average Bonchev–Trinajstić information content (AvgIpc) is 3.06. The predicted molar refractivity (Wildman–Crippen MR) is 94.2 cm³/mol. The molecule has 0 fully saturated rings. The van der Waals surface area contributed by atoms with Crippen molar-refractivity contribution in [3.8, 4) is 5.69 Å². The normalized spacial score (nSPS) is 11.5. The first-order valence-electron chi connectivity index (χ1n) is 7.86. The summed E-state index contributed by atoms with van der Waals surface area (Å²) < 4.78 is 54.6. The number of aromatic nitrogens is 2. The number of nitrogens with zero attached hydrogens (tertiary/aromatic N) is 2. The fraction of sp³-hybridized carbons (Fsp3) is 0.111. The Morgan fingerprint density at radius 3 is 2.59 bits per heavy atom. The first-order valence-corrected chi connectivity index (χ1v) is 9.34. The van der Waals surface area contributed by atoms with Gasteiger partial charge in [0.05, 0.1) is 24.6 Å². The van der Waals surface area contributed by atoms with Crippen LogP contribution in [0.25, 0.3) is 5.69 Å². The molecule has 1 N–H and O–H groups in total. The molecule has 6 nitrogen and oxygen atoms in total. The summed E-state index contributed by atoms with van der Waals surface area (Å²) in [5.41, 5.74) is 1.39. The number of hydrogen-bond donors (Lipinski definition) is 1. The molecule has 3 rings (SSSR count). The van der Waals surface area contributed by atoms with Crippen LogP contribution in [0.15, 0.2) is 59.8 Å². The fourth-order valence-electron chi connectivity index (χ4n) is 2.50. The van der Waals surface area contributed by atoms with Crippen LogP contribution in [0.3, 0.4) is 0 Å². The van der Waals surface area contributed by atoms with Crippen molar-refractivity contribution in [1.82, 2.24) is 14.5 Å². The Hall–Kier alpha value is -2.91. The first-order chi connectivity index (χ1) is 12.8. The van der Waals surface area contributed by atoms with Crippen molar-refractivity contribution in [2.24, 2.45) is 0 Å². The second-order valence-electron chi connectivity index (χ2n) is 5.84. The quantitative estimate of drug-likeness (QED) is 0.655. The lowest BCUT2D eigenvalue weighted by molar-refractivity contribution is 0.0997. The van der Waals surface area contributed by atoms with Crippen LogP contribution in [0.4, 0.5) is 8.78 Å². The van der Waals surface area contributed by atoms with Crippen LogP contribution in [0, 0.1) is 18.6 Å². The zero-order valence-corrected chi connectivity index (χ0v) is 15.0. The molecular weight excluding hydrogens is 376 g/mol. The van der Waals surface area contributed by atoms with Crippen LogP contribution >= 0.6 is 0 Å². The molecule has 0 radical (unpaired) electrons. The Kier molecular flexibility index (Phi) is 5.15. The van der Waals surface area contributed by atoms with Crippen molar-refractivity contribution >= 4 is 15.8 Å². The van der Waals surface area contributed by atoms with Gasteiger partial charge >= 0.3 is 0 Å². The van der Waals surface area contributed by atoms with Crippen molar-refractivity contribution in [1.29, 1.82) is 0 Å². The van der Waals surface area contributed by atoms with Gasteiger partial charge < -0.3 is 0 Å². The molecule has 0 aliphatic heterocycles. The van der Waals surface area contributed by atoms with E-state index in [9.17, 15) is 22.0 Å². The van der Waals surface area contributed by atoms with E-state index in [1.54, 1.807) is 19.1 Å². The van der Waals surface area contributed by atoms with Crippen LogP contribution in [0.5, 0.6) is 0 Å². The summed E-state index contributed by atoms with van der Waals surface area (Å²) in [6.07, 6.45) is 2.19. The minimum absolute atomic E-state index is 0.220. The highest BCUT2D eigenvalue weighted by atomic mass is 32.2. The van der Waals surface area contributed by atoms with E-state index in [4.69, 9.17) is 0 Å². The molecule has 2 aromatic carbocycles. The van der Waals surface area contributed by atoms with Gasteiger partial charge in [0.15, 0.2) is 11.6 Å². The summed E-state index contributed by atoms with van der Waals surface area (Å²) in [6, 6.07) is 9.63. The maximum atomic E-state index is 13.7. The maximum absolute atomic E-state index is 13.7. The van der Waals surface area contributed by atoms with E-state index in [-0.39, 0.29) is 5.56 Å². The number of benzene rings is 2. The van der Waals surface area contributed by atoms with E-state index >= 15 is 0 Å². The van der Waals surface area contributed by atoms with Gasteiger partial charge in [-0.25, -0.2) is 26.6 Å². The Labute approximate surface area is 154 Å². The zero-order chi connectivity index (χ0) is 19.6. The first kappa shape index (κ1) is 18.9. The molecule has 1 heterocycles. The van der Waals surface area contributed by atoms with Crippen molar-refractivity contribution in [3.05, 3.63) is 77.6 Å². The highest BCUT2D eigenvalue weighted by Crippen LogP contribution is 2.16. The highest BCUT2D eigenvalue weighted by Gasteiger charge is 2.20.